The Bertz CT molecular complexity index is 1730. The maximum Gasteiger partial charge on any atom is 0.243 e. The fourth-order valence-corrected chi connectivity index (χ4v) is 5.28. The number of hydrogen-bond acceptors (Lipinski definition) is 9. The summed E-state index contributed by atoms with van der Waals surface area (Å²) in [7, 11) is 0. The summed E-state index contributed by atoms with van der Waals surface area (Å²) in [6.07, 6.45) is 0.0444. The number of amides is 4. The van der Waals surface area contributed by atoms with E-state index >= 15 is 0 Å². The molecule has 4 aromatic rings. The van der Waals surface area contributed by atoms with Crippen LogP contribution in [0.3, 0.4) is 0 Å². The molecule has 2 bridgehead atoms. The van der Waals surface area contributed by atoms with Gasteiger partial charge in [0.05, 0.1) is 24.7 Å². The Labute approximate surface area is 278 Å². The molecule has 0 saturated heterocycles. The lowest BCUT2D eigenvalue weighted by molar-refractivity contribution is -0.133. The summed E-state index contributed by atoms with van der Waals surface area (Å²) in [6, 6.07) is 15.4. The molecule has 3 atom stereocenters. The molecule has 0 saturated carbocycles. The van der Waals surface area contributed by atoms with Crippen molar-refractivity contribution in [3.05, 3.63) is 83.5 Å². The van der Waals surface area contributed by atoms with Crippen LogP contribution >= 0.6 is 0 Å². The number of fused-ring (bicyclic) bond motifs is 14. The summed E-state index contributed by atoms with van der Waals surface area (Å²) in [6.45, 7) is 7.44. The van der Waals surface area contributed by atoms with Crippen LogP contribution < -0.4 is 26.0 Å². The Kier molecular flexibility index (Phi) is 10.8. The van der Waals surface area contributed by atoms with Gasteiger partial charge in [0.1, 0.15) is 42.6 Å². The smallest absolute Gasteiger partial charge is 0.243 e. The lowest BCUT2D eigenvalue weighted by Gasteiger charge is -2.26. The van der Waals surface area contributed by atoms with Crippen molar-refractivity contribution >= 4 is 23.6 Å². The van der Waals surface area contributed by atoms with Gasteiger partial charge in [0.2, 0.25) is 23.6 Å². The van der Waals surface area contributed by atoms with Crippen molar-refractivity contribution < 1.29 is 28.4 Å². The van der Waals surface area contributed by atoms with Gasteiger partial charge in [0.15, 0.2) is 5.82 Å². The standard InChI is InChI=1S/C34H40N8O6/c1-20(2)30-34(46)36-22(4)32-39-31(24-8-6-5-7-9-24)40-42(32)19-29(44)35-14-15-47-25-12-10-23(11-13-25)17-27(33(45)38-30)37-28(43)18-26-16-21(3)41-48-26/h5-13,16,20,22,27,30H,14-15,17-19H2,1-4H3,(H,35,44)(H,36,46)(H,37,43)(H,38,45)/t22-,27-,30+/m0/s1. The van der Waals surface area contributed by atoms with E-state index in [1.165, 1.54) is 4.68 Å². The predicted molar refractivity (Wildman–Crippen MR) is 174 cm³/mol. The van der Waals surface area contributed by atoms with E-state index in [2.05, 4.69) is 36.5 Å². The highest BCUT2D eigenvalue weighted by Crippen LogP contribution is 2.20. The fraction of sp³-hybridized carbons (Fsp3) is 0.382. The molecule has 0 unspecified atom stereocenters. The molecular formula is C34H40N8O6. The van der Waals surface area contributed by atoms with E-state index in [0.29, 0.717) is 28.9 Å². The zero-order valence-electron chi connectivity index (χ0n) is 27.4. The van der Waals surface area contributed by atoms with Crippen LogP contribution in [0.4, 0.5) is 0 Å². The van der Waals surface area contributed by atoms with Gasteiger partial charge in [-0.05, 0) is 37.5 Å². The summed E-state index contributed by atoms with van der Waals surface area (Å²) >= 11 is 0. The normalized spacial score (nSPS) is 19.4. The first-order valence-corrected chi connectivity index (χ1v) is 15.9. The molecular weight excluding hydrogens is 616 g/mol. The molecule has 14 nitrogen and oxygen atoms in total. The number of carbonyl (C=O) groups excluding carboxylic acids is 4. The van der Waals surface area contributed by atoms with Crippen molar-refractivity contribution in [2.45, 2.75) is 65.2 Å². The highest BCUT2D eigenvalue weighted by atomic mass is 16.5. The molecule has 0 spiro atoms. The number of ether oxygens (including phenoxy) is 1. The van der Waals surface area contributed by atoms with E-state index < -0.39 is 35.8 Å². The summed E-state index contributed by atoms with van der Waals surface area (Å²) in [5.41, 5.74) is 2.14. The number of rotatable bonds is 5. The molecule has 48 heavy (non-hydrogen) atoms. The van der Waals surface area contributed by atoms with Crippen LogP contribution in [0.15, 0.2) is 65.2 Å². The number of aromatic nitrogens is 4. The van der Waals surface area contributed by atoms with Crippen LogP contribution in [0.5, 0.6) is 5.75 Å². The number of benzene rings is 2. The summed E-state index contributed by atoms with van der Waals surface area (Å²) in [5.74, 6) is -0.323. The second-order valence-corrected chi connectivity index (χ2v) is 12.1. The maximum absolute atomic E-state index is 13.8. The Morgan fingerprint density at radius 1 is 1.04 bits per heavy atom. The third kappa shape index (κ3) is 8.84. The number of nitrogens with zero attached hydrogens (tertiary/aromatic N) is 4. The number of nitrogens with one attached hydrogen (secondary N) is 4. The molecule has 2 aromatic carbocycles. The molecule has 4 N–H and O–H groups in total. The first-order valence-electron chi connectivity index (χ1n) is 15.9. The molecule has 2 aromatic heterocycles. The monoisotopic (exact) mass is 656 g/mol. The van der Waals surface area contributed by atoms with Gasteiger partial charge in [-0.1, -0.05) is 61.5 Å². The fourth-order valence-electron chi connectivity index (χ4n) is 5.28. The second kappa shape index (κ2) is 15.4. The van der Waals surface area contributed by atoms with E-state index in [-0.39, 0.29) is 44.4 Å². The first-order chi connectivity index (χ1) is 23.0. The van der Waals surface area contributed by atoms with Gasteiger partial charge in [-0.2, -0.15) is 5.10 Å². The minimum absolute atomic E-state index is 0.106. The quantitative estimate of drug-likeness (QED) is 0.250. The van der Waals surface area contributed by atoms with Crippen molar-refractivity contribution in [1.82, 2.24) is 41.2 Å². The lowest BCUT2D eigenvalue weighted by Crippen LogP contribution is -2.56. The lowest BCUT2D eigenvalue weighted by atomic mass is 10.0. The predicted octanol–water partition coefficient (Wildman–Crippen LogP) is 2.04. The third-order valence-electron chi connectivity index (χ3n) is 7.74. The molecule has 14 heteroatoms. The van der Waals surface area contributed by atoms with E-state index in [4.69, 9.17) is 9.26 Å². The van der Waals surface area contributed by atoms with E-state index in [9.17, 15) is 19.2 Å². The minimum atomic E-state index is -1.00. The van der Waals surface area contributed by atoms with E-state index in [1.807, 2.05) is 44.2 Å². The van der Waals surface area contributed by atoms with Gasteiger partial charge in [0, 0.05) is 18.1 Å². The topological polar surface area (TPSA) is 182 Å². The summed E-state index contributed by atoms with van der Waals surface area (Å²) in [4.78, 5) is 58.1. The van der Waals surface area contributed by atoms with E-state index in [0.717, 1.165) is 11.1 Å². The van der Waals surface area contributed by atoms with Crippen LogP contribution in [0.25, 0.3) is 11.4 Å². The van der Waals surface area contributed by atoms with Crippen molar-refractivity contribution in [3.63, 3.8) is 0 Å². The minimum Gasteiger partial charge on any atom is -0.492 e. The summed E-state index contributed by atoms with van der Waals surface area (Å²) in [5, 5.41) is 19.8. The molecule has 4 amide bonds. The average Bonchev–Trinajstić information content (AvgIpc) is 3.67. The average molecular weight is 657 g/mol. The van der Waals surface area contributed by atoms with Crippen molar-refractivity contribution in [3.8, 4) is 17.1 Å². The highest BCUT2D eigenvalue weighted by molar-refractivity contribution is 5.92. The maximum atomic E-state index is 13.8. The van der Waals surface area contributed by atoms with Gasteiger partial charge in [-0.3, -0.25) is 19.2 Å². The van der Waals surface area contributed by atoms with Crippen molar-refractivity contribution in [2.24, 2.45) is 5.92 Å². The zero-order valence-corrected chi connectivity index (χ0v) is 27.4. The SMILES string of the molecule is Cc1cc(CC(=O)N[C@H]2Cc3ccc(cc3)OCCNC(=O)Cn3nc(-c4ccccc4)nc3[C@H](C)NC(=O)[C@@H](C(C)C)NC2=O)on1. The Morgan fingerprint density at radius 2 is 1.79 bits per heavy atom. The van der Waals surface area contributed by atoms with Crippen molar-refractivity contribution in [1.29, 1.82) is 0 Å². The van der Waals surface area contributed by atoms with Gasteiger partial charge < -0.3 is 30.5 Å². The second-order valence-electron chi connectivity index (χ2n) is 12.1. The molecule has 0 fully saturated rings. The van der Waals surface area contributed by atoms with E-state index in [1.54, 1.807) is 44.2 Å². The highest BCUT2D eigenvalue weighted by Gasteiger charge is 2.31. The number of aryl methyl sites for hydroxylation is 1. The van der Waals surface area contributed by atoms with Gasteiger partial charge in [-0.15, -0.1) is 0 Å². The molecule has 4 heterocycles. The zero-order chi connectivity index (χ0) is 34.2. The van der Waals surface area contributed by atoms with Crippen LogP contribution in [-0.2, 0) is 38.6 Å². The Hall–Kier alpha value is -5.53. The summed E-state index contributed by atoms with van der Waals surface area (Å²) < 4.78 is 12.5. The molecule has 2 aliphatic heterocycles. The number of carbonyl (C=O) groups is 4. The number of hydrogen-bond donors (Lipinski definition) is 4. The van der Waals surface area contributed by atoms with Crippen LogP contribution in [0, 0.1) is 12.8 Å². The molecule has 6 rings (SSSR count). The first kappa shape index (κ1) is 33.8. The van der Waals surface area contributed by atoms with Crippen LogP contribution in [0.1, 0.15) is 49.7 Å². The molecule has 252 valence electrons. The van der Waals surface area contributed by atoms with Gasteiger partial charge in [0.25, 0.3) is 0 Å². The Balaban J connectivity index is 1.42. The van der Waals surface area contributed by atoms with Crippen molar-refractivity contribution in [2.75, 3.05) is 13.2 Å². The third-order valence-corrected chi connectivity index (χ3v) is 7.74. The van der Waals surface area contributed by atoms with Gasteiger partial charge >= 0.3 is 0 Å². The van der Waals surface area contributed by atoms with Gasteiger partial charge in [-0.25, -0.2) is 9.67 Å². The molecule has 0 aliphatic carbocycles. The van der Waals surface area contributed by atoms with Crippen LogP contribution in [0.2, 0.25) is 0 Å². The van der Waals surface area contributed by atoms with Crippen LogP contribution in [-0.4, -0.2) is 68.8 Å². The molecule has 0 radical (unpaired) electrons. The molecule has 2 aliphatic rings. The largest absolute Gasteiger partial charge is 0.492 e. The Morgan fingerprint density at radius 3 is 2.48 bits per heavy atom.